The monoisotopic (exact) mass is 480 g/mol. The van der Waals surface area contributed by atoms with Crippen LogP contribution in [-0.2, 0) is 15.7 Å². The summed E-state index contributed by atoms with van der Waals surface area (Å²) >= 11 is 12.7. The third-order valence-corrected chi connectivity index (χ3v) is 6.04. The van der Waals surface area contributed by atoms with E-state index in [2.05, 4.69) is 10.1 Å². The molecule has 1 aliphatic rings. The van der Waals surface area contributed by atoms with E-state index < -0.39 is 40.7 Å². The zero-order valence-corrected chi connectivity index (χ0v) is 18.3. The van der Waals surface area contributed by atoms with Crippen LogP contribution in [0.1, 0.15) is 56.5 Å². The van der Waals surface area contributed by atoms with Crippen LogP contribution in [0.3, 0.4) is 0 Å². The minimum absolute atomic E-state index is 0.0489. The van der Waals surface area contributed by atoms with Crippen LogP contribution in [-0.4, -0.2) is 42.7 Å². The summed E-state index contributed by atoms with van der Waals surface area (Å²) in [5, 5.41) is 3.77. The van der Waals surface area contributed by atoms with Crippen LogP contribution in [0, 0.1) is 0 Å². The van der Waals surface area contributed by atoms with E-state index in [0.717, 1.165) is 21.4 Å². The largest absolute Gasteiger partial charge is 0.464 e. The number of carbonyl (C=O) groups is 1. The lowest BCUT2D eigenvalue weighted by atomic mass is 9.87. The van der Waals surface area contributed by atoms with Crippen molar-refractivity contribution in [1.29, 1.82) is 0 Å². The Kier molecular flexibility index (Phi) is 7.00. The van der Waals surface area contributed by atoms with E-state index in [1.54, 1.807) is 6.92 Å². The molecule has 12 heteroatoms. The lowest BCUT2D eigenvalue weighted by Gasteiger charge is -2.29. The predicted octanol–water partition coefficient (Wildman–Crippen LogP) is 4.05. The van der Waals surface area contributed by atoms with E-state index in [-0.39, 0.29) is 23.6 Å². The highest BCUT2D eigenvalue weighted by Gasteiger charge is 2.36. The van der Waals surface area contributed by atoms with Crippen molar-refractivity contribution >= 4 is 29.2 Å². The second-order valence-corrected chi connectivity index (χ2v) is 8.46. The van der Waals surface area contributed by atoms with Crippen LogP contribution in [0.5, 0.6) is 0 Å². The van der Waals surface area contributed by atoms with Crippen LogP contribution >= 0.6 is 23.2 Å². The molecule has 170 valence electrons. The summed E-state index contributed by atoms with van der Waals surface area (Å²) in [7, 11) is 0. The van der Waals surface area contributed by atoms with Gasteiger partial charge in [0.1, 0.15) is 11.6 Å². The Balaban J connectivity index is 2.11. The van der Waals surface area contributed by atoms with Gasteiger partial charge in [-0.1, -0.05) is 0 Å². The minimum atomic E-state index is -4.57. The summed E-state index contributed by atoms with van der Waals surface area (Å²) in [6.07, 6.45) is -2.30. The summed E-state index contributed by atoms with van der Waals surface area (Å²) in [4.78, 5) is 29.2. The molecule has 0 saturated heterocycles. The summed E-state index contributed by atoms with van der Waals surface area (Å²) in [6, 6.07) is 0.879. The molecule has 0 amide bonds. The zero-order valence-electron chi connectivity index (χ0n) is 16.8. The Bertz CT molecular complexity index is 991. The Hall–Kier alpha value is -2.07. The number of pyridine rings is 1. The maximum absolute atomic E-state index is 13.2. The number of carbonyl (C=O) groups excluding carboxylic acids is 1. The van der Waals surface area contributed by atoms with Crippen molar-refractivity contribution in [2.75, 3.05) is 6.61 Å². The highest BCUT2D eigenvalue weighted by Crippen LogP contribution is 2.38. The number of alkyl halides is 5. The Morgan fingerprint density at radius 2 is 2.03 bits per heavy atom. The third-order valence-electron chi connectivity index (χ3n) is 5.17. The van der Waals surface area contributed by atoms with Gasteiger partial charge in [0.25, 0.3) is 0 Å². The van der Waals surface area contributed by atoms with Gasteiger partial charge in [-0.2, -0.15) is 23.0 Å². The van der Waals surface area contributed by atoms with Crippen molar-refractivity contribution in [3.63, 3.8) is 0 Å². The van der Waals surface area contributed by atoms with Crippen LogP contribution in [0.2, 0.25) is 0 Å². The Labute approximate surface area is 186 Å². The molecular formula is C19H21Cl2F3N4O3. The Morgan fingerprint density at radius 3 is 2.58 bits per heavy atom. The van der Waals surface area contributed by atoms with E-state index in [0.29, 0.717) is 25.5 Å². The third kappa shape index (κ3) is 4.90. The first-order chi connectivity index (χ1) is 14.5. The first kappa shape index (κ1) is 23.6. The van der Waals surface area contributed by atoms with Crippen LogP contribution in [0.15, 0.2) is 23.1 Å². The lowest BCUT2D eigenvalue weighted by Crippen LogP contribution is -2.32. The van der Waals surface area contributed by atoms with Crippen molar-refractivity contribution in [3.8, 4) is 5.82 Å². The molecule has 0 aliphatic heterocycles. The fourth-order valence-electron chi connectivity index (χ4n) is 3.51. The van der Waals surface area contributed by atoms with Crippen molar-refractivity contribution in [1.82, 2.24) is 19.3 Å². The van der Waals surface area contributed by atoms with Gasteiger partial charge in [0.05, 0.1) is 12.2 Å². The number of esters is 1. The zero-order chi connectivity index (χ0) is 22.9. The van der Waals surface area contributed by atoms with Crippen molar-refractivity contribution in [3.05, 3.63) is 40.2 Å². The highest BCUT2D eigenvalue weighted by molar-refractivity contribution is 6.24. The molecule has 4 atom stereocenters. The maximum Gasteiger partial charge on any atom is 0.417 e. The molecule has 0 spiro atoms. The first-order valence-corrected chi connectivity index (χ1v) is 10.6. The van der Waals surface area contributed by atoms with Gasteiger partial charge in [0.15, 0.2) is 6.04 Å². The molecule has 1 aliphatic carbocycles. The van der Waals surface area contributed by atoms with Crippen LogP contribution in [0.25, 0.3) is 5.82 Å². The van der Waals surface area contributed by atoms with Gasteiger partial charge in [0, 0.05) is 22.9 Å². The van der Waals surface area contributed by atoms with Crippen molar-refractivity contribution < 1.29 is 22.7 Å². The SMILES string of the molecule is CCOC(=O)C(C)n1nc(C2CCC(Cl)CC2Cl)n(-c2ccc(C(F)(F)F)cn2)c1=O. The molecule has 0 aromatic carbocycles. The van der Waals surface area contributed by atoms with Gasteiger partial charge >= 0.3 is 17.8 Å². The molecule has 2 aromatic heterocycles. The first-order valence-electron chi connectivity index (χ1n) is 9.74. The second-order valence-electron chi connectivity index (χ2n) is 7.28. The van der Waals surface area contributed by atoms with Gasteiger partial charge in [0.2, 0.25) is 0 Å². The van der Waals surface area contributed by atoms with E-state index >= 15 is 0 Å². The summed E-state index contributed by atoms with van der Waals surface area (Å²) in [5.74, 6) is -0.888. The standard InChI is InChI=1S/C19H21Cl2F3N4O3/c1-3-31-17(29)10(2)28-18(30)27(15-7-4-11(9-25-15)19(22,23)24)16(26-28)13-6-5-12(20)8-14(13)21/h4,7,9-10,12-14H,3,5-6,8H2,1-2H3. The minimum Gasteiger partial charge on any atom is -0.464 e. The van der Waals surface area contributed by atoms with Gasteiger partial charge in [-0.05, 0) is 45.2 Å². The molecule has 0 bridgehead atoms. The lowest BCUT2D eigenvalue weighted by molar-refractivity contribution is -0.147. The van der Waals surface area contributed by atoms with E-state index in [9.17, 15) is 22.8 Å². The van der Waals surface area contributed by atoms with Crippen molar-refractivity contribution in [2.24, 2.45) is 0 Å². The number of halogens is 5. The topological polar surface area (TPSA) is 79.0 Å². The molecule has 2 aromatic rings. The number of nitrogens with zero attached hydrogens (tertiary/aromatic N) is 4. The maximum atomic E-state index is 13.2. The molecule has 1 saturated carbocycles. The van der Waals surface area contributed by atoms with Gasteiger partial charge in [-0.25, -0.2) is 19.1 Å². The molecule has 7 nitrogen and oxygen atoms in total. The molecule has 2 heterocycles. The number of hydrogen-bond donors (Lipinski definition) is 0. The highest BCUT2D eigenvalue weighted by atomic mass is 35.5. The second kappa shape index (κ2) is 9.20. The molecule has 1 fully saturated rings. The average molecular weight is 481 g/mol. The van der Waals surface area contributed by atoms with E-state index in [4.69, 9.17) is 27.9 Å². The Morgan fingerprint density at radius 1 is 1.32 bits per heavy atom. The van der Waals surface area contributed by atoms with Crippen molar-refractivity contribution in [2.45, 2.75) is 62.0 Å². The molecule has 0 N–H and O–H groups in total. The van der Waals surface area contributed by atoms with Gasteiger partial charge in [-0.3, -0.25) is 0 Å². The summed E-state index contributed by atoms with van der Waals surface area (Å²) < 4.78 is 45.8. The normalized spacial score (nSPS) is 22.9. The number of ether oxygens (including phenoxy) is 1. The smallest absolute Gasteiger partial charge is 0.417 e. The average Bonchev–Trinajstić information content (AvgIpc) is 3.03. The van der Waals surface area contributed by atoms with Crippen LogP contribution < -0.4 is 5.69 Å². The molecular weight excluding hydrogens is 460 g/mol. The van der Waals surface area contributed by atoms with Crippen LogP contribution in [0.4, 0.5) is 13.2 Å². The summed E-state index contributed by atoms with van der Waals surface area (Å²) in [5.41, 5.74) is -1.67. The molecule has 4 unspecified atom stereocenters. The number of rotatable bonds is 5. The molecule has 31 heavy (non-hydrogen) atoms. The van der Waals surface area contributed by atoms with Gasteiger partial charge in [-0.15, -0.1) is 23.2 Å². The quantitative estimate of drug-likeness (QED) is 0.476. The number of aromatic nitrogens is 4. The van der Waals surface area contributed by atoms with E-state index in [1.165, 1.54) is 6.92 Å². The number of hydrogen-bond acceptors (Lipinski definition) is 5. The predicted molar refractivity (Wildman–Crippen MR) is 108 cm³/mol. The fraction of sp³-hybridized carbons (Fsp3) is 0.579. The fourth-order valence-corrected chi connectivity index (χ4v) is 4.38. The molecule has 0 radical (unpaired) electrons. The summed E-state index contributed by atoms with van der Waals surface area (Å²) in [6.45, 7) is 3.20. The van der Waals surface area contributed by atoms with E-state index in [1.807, 2.05) is 0 Å². The molecule has 3 rings (SSSR count). The van der Waals surface area contributed by atoms with Gasteiger partial charge < -0.3 is 4.74 Å².